The minimum absolute atomic E-state index is 0.0445. The number of benzene rings is 1. The number of halogens is 3. The van der Waals surface area contributed by atoms with E-state index in [0.29, 0.717) is 18.3 Å². The van der Waals surface area contributed by atoms with Crippen LogP contribution in [0.4, 0.5) is 13.2 Å². The number of amides is 1. The molecule has 4 aromatic rings. The molecule has 3 heterocycles. The third-order valence-electron chi connectivity index (χ3n) is 5.30. The highest BCUT2D eigenvalue weighted by molar-refractivity contribution is 6.10. The number of carbonyl (C=O) groups is 2. The van der Waals surface area contributed by atoms with E-state index in [0.717, 1.165) is 23.0 Å². The van der Waals surface area contributed by atoms with Crippen LogP contribution in [-0.4, -0.2) is 43.8 Å². The smallest absolute Gasteiger partial charge is 0.475 e. The second-order valence-electron chi connectivity index (χ2n) is 7.97. The van der Waals surface area contributed by atoms with Crippen LogP contribution in [0.5, 0.6) is 0 Å². The number of nitrogens with zero attached hydrogens (tertiary/aromatic N) is 3. The number of rotatable bonds is 5. The zero-order chi connectivity index (χ0) is 25.0. The topological polar surface area (TPSA) is 89.2 Å². The third-order valence-corrected chi connectivity index (χ3v) is 5.30. The van der Waals surface area contributed by atoms with Gasteiger partial charge in [-0.2, -0.15) is 13.2 Å². The number of alkyl halides is 3. The molecule has 1 amide bonds. The van der Waals surface area contributed by atoms with Crippen molar-refractivity contribution >= 4 is 33.8 Å². The first kappa shape index (κ1) is 24.8. The normalized spacial score (nSPS) is 11.5. The summed E-state index contributed by atoms with van der Waals surface area (Å²) in [5.74, 6) is -2.80. The molecule has 0 radical (unpaired) electrons. The van der Waals surface area contributed by atoms with Crippen LogP contribution in [0.3, 0.4) is 0 Å². The zero-order valence-electron chi connectivity index (χ0n) is 18.9. The van der Waals surface area contributed by atoms with Crippen LogP contribution in [0, 0.1) is 0 Å². The summed E-state index contributed by atoms with van der Waals surface area (Å²) in [5, 5.41) is 11.3. The molecule has 0 atom stereocenters. The van der Waals surface area contributed by atoms with E-state index >= 15 is 0 Å². The van der Waals surface area contributed by atoms with Crippen LogP contribution in [0.2, 0.25) is 0 Å². The van der Waals surface area contributed by atoms with Crippen LogP contribution >= 0.6 is 0 Å². The second-order valence-corrected chi connectivity index (χ2v) is 7.97. The van der Waals surface area contributed by atoms with E-state index in [4.69, 9.17) is 9.90 Å². The maximum atomic E-state index is 12.8. The molecular weight excluding hydrogens is 449 g/mol. The van der Waals surface area contributed by atoms with Gasteiger partial charge in [0.15, 0.2) is 0 Å². The Labute approximate surface area is 193 Å². The molecule has 0 spiro atoms. The number of hydrogen-bond acceptors (Lipinski definition) is 3. The quantitative estimate of drug-likeness (QED) is 0.438. The molecule has 0 fully saturated rings. The van der Waals surface area contributed by atoms with Gasteiger partial charge in [0.2, 0.25) is 0 Å². The molecule has 10 heteroatoms. The Hall–Kier alpha value is -3.82. The van der Waals surface area contributed by atoms with Crippen molar-refractivity contribution in [1.82, 2.24) is 19.4 Å². The van der Waals surface area contributed by atoms with Crippen LogP contribution < -0.4 is 5.32 Å². The maximum absolute atomic E-state index is 12.8. The number of pyridine rings is 1. The summed E-state index contributed by atoms with van der Waals surface area (Å²) in [6, 6.07) is 14.6. The molecule has 0 saturated heterocycles. The van der Waals surface area contributed by atoms with E-state index < -0.39 is 12.1 Å². The first-order valence-corrected chi connectivity index (χ1v) is 10.6. The number of carboxylic acids is 1. The van der Waals surface area contributed by atoms with Gasteiger partial charge in [-0.3, -0.25) is 9.78 Å². The number of carbonyl (C=O) groups excluding carboxylic acids is 1. The molecule has 1 aromatic carbocycles. The number of aliphatic carboxylic acids is 1. The predicted molar refractivity (Wildman–Crippen MR) is 123 cm³/mol. The van der Waals surface area contributed by atoms with Crippen molar-refractivity contribution in [1.29, 1.82) is 0 Å². The van der Waals surface area contributed by atoms with Gasteiger partial charge in [0, 0.05) is 37.4 Å². The molecule has 0 aliphatic heterocycles. The Bertz CT molecular complexity index is 1310. The lowest BCUT2D eigenvalue weighted by atomic mass is 10.2. The van der Waals surface area contributed by atoms with Crippen LogP contribution in [0.15, 0.2) is 54.9 Å². The van der Waals surface area contributed by atoms with Gasteiger partial charge in [-0.05, 0) is 44.0 Å². The summed E-state index contributed by atoms with van der Waals surface area (Å²) in [7, 11) is 1.97. The lowest BCUT2D eigenvalue weighted by Crippen LogP contribution is -2.27. The Morgan fingerprint density at radius 1 is 1.12 bits per heavy atom. The van der Waals surface area contributed by atoms with Gasteiger partial charge in [-0.25, -0.2) is 4.79 Å². The Morgan fingerprint density at radius 3 is 2.38 bits per heavy atom. The third kappa shape index (κ3) is 5.22. The van der Waals surface area contributed by atoms with Gasteiger partial charge in [-0.1, -0.05) is 24.3 Å². The van der Waals surface area contributed by atoms with Crippen LogP contribution in [0.1, 0.15) is 35.9 Å². The highest BCUT2D eigenvalue weighted by atomic mass is 19.4. The Morgan fingerprint density at radius 2 is 1.79 bits per heavy atom. The molecule has 3 aromatic heterocycles. The summed E-state index contributed by atoms with van der Waals surface area (Å²) in [4.78, 5) is 25.8. The van der Waals surface area contributed by atoms with Crippen LogP contribution in [-0.2, 0) is 18.3 Å². The SMILES string of the molecule is CC(C)n1c2ccccc2c2c1cc(C(=O)NCCc1cccnc1)n2C.O=C(O)C(F)(F)F. The van der Waals surface area contributed by atoms with E-state index in [1.54, 1.807) is 6.20 Å². The monoisotopic (exact) mass is 474 g/mol. The fourth-order valence-electron chi connectivity index (χ4n) is 3.83. The van der Waals surface area contributed by atoms with E-state index in [1.165, 1.54) is 10.9 Å². The predicted octanol–water partition coefficient (Wildman–Crippen LogP) is 4.71. The average molecular weight is 474 g/mol. The first-order valence-electron chi connectivity index (χ1n) is 10.6. The van der Waals surface area contributed by atoms with Gasteiger partial charge in [0.25, 0.3) is 5.91 Å². The zero-order valence-corrected chi connectivity index (χ0v) is 18.9. The number of nitrogens with one attached hydrogen (secondary N) is 1. The van der Waals surface area contributed by atoms with Gasteiger partial charge < -0.3 is 19.6 Å². The summed E-state index contributed by atoms with van der Waals surface area (Å²) >= 11 is 0. The van der Waals surface area contributed by atoms with E-state index in [-0.39, 0.29) is 5.91 Å². The number of fused-ring (bicyclic) bond motifs is 3. The Balaban J connectivity index is 0.000000406. The molecule has 180 valence electrons. The first-order chi connectivity index (χ1) is 16.0. The minimum Gasteiger partial charge on any atom is -0.475 e. The van der Waals surface area contributed by atoms with Crippen LogP contribution in [0.25, 0.3) is 21.9 Å². The molecule has 0 aliphatic rings. The van der Waals surface area contributed by atoms with E-state index in [9.17, 15) is 18.0 Å². The number of carboxylic acid groups (broad SMARTS) is 1. The van der Waals surface area contributed by atoms with Gasteiger partial charge >= 0.3 is 12.1 Å². The summed E-state index contributed by atoms with van der Waals surface area (Å²) in [6.07, 6.45) is -0.725. The van der Waals surface area contributed by atoms with Crippen molar-refractivity contribution in [2.45, 2.75) is 32.5 Å². The fraction of sp³-hybridized carbons (Fsp3) is 0.292. The summed E-state index contributed by atoms with van der Waals surface area (Å²) < 4.78 is 36.0. The minimum atomic E-state index is -5.08. The number of aromatic nitrogens is 3. The molecule has 4 rings (SSSR count). The number of para-hydroxylation sites is 1. The lowest BCUT2D eigenvalue weighted by molar-refractivity contribution is -0.192. The van der Waals surface area contributed by atoms with Crippen molar-refractivity contribution in [3.63, 3.8) is 0 Å². The molecule has 7 nitrogen and oxygen atoms in total. The average Bonchev–Trinajstić information content (AvgIpc) is 3.28. The van der Waals surface area contributed by atoms with Crippen molar-refractivity contribution in [3.05, 3.63) is 66.1 Å². The molecule has 0 bridgehead atoms. The number of aryl methyl sites for hydroxylation is 1. The van der Waals surface area contributed by atoms with Gasteiger partial charge in [0.05, 0.1) is 16.6 Å². The summed E-state index contributed by atoms with van der Waals surface area (Å²) in [5.41, 5.74) is 5.22. The molecule has 0 aliphatic carbocycles. The highest BCUT2D eigenvalue weighted by Crippen LogP contribution is 2.33. The second kappa shape index (κ2) is 9.98. The Kier molecular flexibility index (Phi) is 7.29. The molecule has 0 unspecified atom stereocenters. The fourth-order valence-corrected chi connectivity index (χ4v) is 3.83. The van der Waals surface area contributed by atoms with E-state index in [1.807, 2.05) is 42.1 Å². The molecular formula is C24H25F3N4O3. The molecule has 34 heavy (non-hydrogen) atoms. The molecule has 2 N–H and O–H groups in total. The largest absolute Gasteiger partial charge is 0.490 e. The van der Waals surface area contributed by atoms with E-state index in [2.05, 4.69) is 46.9 Å². The van der Waals surface area contributed by atoms with Gasteiger partial charge in [0.1, 0.15) is 5.69 Å². The maximum Gasteiger partial charge on any atom is 0.490 e. The number of hydrogen-bond donors (Lipinski definition) is 2. The molecule has 0 saturated carbocycles. The van der Waals surface area contributed by atoms with Crippen molar-refractivity contribution in [2.24, 2.45) is 7.05 Å². The highest BCUT2D eigenvalue weighted by Gasteiger charge is 2.38. The van der Waals surface area contributed by atoms with Crippen molar-refractivity contribution in [3.8, 4) is 0 Å². The lowest BCUT2D eigenvalue weighted by Gasteiger charge is -2.10. The van der Waals surface area contributed by atoms with Gasteiger partial charge in [-0.15, -0.1) is 0 Å². The summed E-state index contributed by atoms with van der Waals surface area (Å²) in [6.45, 7) is 4.93. The standard InChI is InChI=1S/C22H24N4O.C2HF3O2/c1-15(2)26-18-9-5-4-8-17(18)21-19(26)13-20(25(21)3)22(27)24-12-10-16-7-6-11-23-14-16;3-2(4,5)1(6)7/h4-9,11,13-15H,10,12H2,1-3H3,(H,24,27);(H,6,7). The van der Waals surface area contributed by atoms with Crippen molar-refractivity contribution in [2.75, 3.05) is 6.54 Å². The van der Waals surface area contributed by atoms with Crippen molar-refractivity contribution < 1.29 is 27.9 Å².